The first-order valence-corrected chi connectivity index (χ1v) is 5.98. The highest BCUT2D eigenvalue weighted by atomic mass is 35.5. The predicted octanol–water partition coefficient (Wildman–Crippen LogP) is 3.21. The molecule has 0 fully saturated rings. The lowest BCUT2D eigenvalue weighted by atomic mass is 10.0. The fourth-order valence-corrected chi connectivity index (χ4v) is 1.96. The molecule has 1 aliphatic rings. The fraction of sp³-hybridized carbons (Fsp3) is 0.385. The number of benzene rings is 1. The molecule has 1 heterocycles. The summed E-state index contributed by atoms with van der Waals surface area (Å²) in [6.45, 7) is 6.02. The molecular formula is C13H17ClN2. The Kier molecular flexibility index (Phi) is 3.52. The Morgan fingerprint density at radius 3 is 2.88 bits per heavy atom. The summed E-state index contributed by atoms with van der Waals surface area (Å²) in [4.78, 5) is 0. The second kappa shape index (κ2) is 4.89. The average molecular weight is 237 g/mol. The zero-order valence-electron chi connectivity index (χ0n) is 9.70. The van der Waals surface area contributed by atoms with E-state index in [9.17, 15) is 0 Å². The van der Waals surface area contributed by atoms with Crippen LogP contribution in [0.15, 0.2) is 35.5 Å². The van der Waals surface area contributed by atoms with E-state index in [1.165, 1.54) is 11.1 Å². The Morgan fingerprint density at radius 1 is 1.44 bits per heavy atom. The second-order valence-corrected chi connectivity index (χ2v) is 4.92. The SMILES string of the molecule is CC(C)c1cccc(CN2C=C(Cl)CN2)c1. The molecule has 1 N–H and O–H groups in total. The third kappa shape index (κ3) is 2.77. The van der Waals surface area contributed by atoms with E-state index >= 15 is 0 Å². The van der Waals surface area contributed by atoms with Crippen LogP contribution in [-0.4, -0.2) is 11.6 Å². The zero-order chi connectivity index (χ0) is 11.5. The predicted molar refractivity (Wildman–Crippen MR) is 68.0 cm³/mol. The molecular weight excluding hydrogens is 220 g/mol. The van der Waals surface area contributed by atoms with Gasteiger partial charge in [0.1, 0.15) is 0 Å². The first kappa shape index (κ1) is 11.5. The highest BCUT2D eigenvalue weighted by molar-refractivity contribution is 6.29. The monoisotopic (exact) mass is 236 g/mol. The maximum Gasteiger partial charge on any atom is 0.0588 e. The van der Waals surface area contributed by atoms with E-state index in [4.69, 9.17) is 11.6 Å². The van der Waals surface area contributed by atoms with Crippen LogP contribution in [0.3, 0.4) is 0 Å². The molecule has 1 aliphatic heterocycles. The molecule has 0 saturated carbocycles. The van der Waals surface area contributed by atoms with Gasteiger partial charge in [-0.2, -0.15) is 0 Å². The molecule has 0 amide bonds. The van der Waals surface area contributed by atoms with Gasteiger partial charge >= 0.3 is 0 Å². The van der Waals surface area contributed by atoms with Crippen LogP contribution in [0.2, 0.25) is 0 Å². The van der Waals surface area contributed by atoms with Crippen molar-refractivity contribution < 1.29 is 0 Å². The van der Waals surface area contributed by atoms with Crippen LogP contribution in [0.1, 0.15) is 30.9 Å². The van der Waals surface area contributed by atoms with Gasteiger partial charge < -0.3 is 5.01 Å². The van der Waals surface area contributed by atoms with E-state index in [-0.39, 0.29) is 0 Å². The molecule has 86 valence electrons. The number of hydrogen-bond donors (Lipinski definition) is 1. The standard InChI is InChI=1S/C13H17ClN2/c1-10(2)12-5-3-4-11(6-12)8-16-9-13(14)7-15-16/h3-6,9-10,15H,7-8H2,1-2H3. The van der Waals surface area contributed by atoms with Gasteiger partial charge in [-0.3, -0.25) is 0 Å². The lowest BCUT2D eigenvalue weighted by Crippen LogP contribution is -2.28. The van der Waals surface area contributed by atoms with Crippen molar-refractivity contribution in [2.24, 2.45) is 0 Å². The first-order valence-electron chi connectivity index (χ1n) is 5.60. The van der Waals surface area contributed by atoms with Gasteiger partial charge in [0.15, 0.2) is 0 Å². The Labute approximate surface area is 102 Å². The van der Waals surface area contributed by atoms with Crippen LogP contribution in [-0.2, 0) is 6.54 Å². The third-order valence-electron chi connectivity index (χ3n) is 2.72. The summed E-state index contributed by atoms with van der Waals surface area (Å²) in [5, 5.41) is 2.89. The molecule has 0 spiro atoms. The zero-order valence-corrected chi connectivity index (χ0v) is 10.5. The molecule has 1 aromatic carbocycles. The fourth-order valence-electron chi connectivity index (χ4n) is 1.79. The van der Waals surface area contributed by atoms with Gasteiger partial charge in [0.05, 0.1) is 18.1 Å². The molecule has 2 nitrogen and oxygen atoms in total. The van der Waals surface area contributed by atoms with Gasteiger partial charge in [0, 0.05) is 6.20 Å². The molecule has 2 rings (SSSR count). The normalized spacial score (nSPS) is 15.8. The van der Waals surface area contributed by atoms with E-state index in [1.807, 2.05) is 11.2 Å². The topological polar surface area (TPSA) is 15.3 Å². The van der Waals surface area contributed by atoms with Crippen LogP contribution in [0.5, 0.6) is 0 Å². The molecule has 0 radical (unpaired) electrons. The van der Waals surface area contributed by atoms with Crippen molar-refractivity contribution in [3.05, 3.63) is 46.6 Å². The van der Waals surface area contributed by atoms with Crippen LogP contribution in [0, 0.1) is 0 Å². The van der Waals surface area contributed by atoms with Gasteiger partial charge in [-0.15, -0.1) is 0 Å². The molecule has 0 saturated heterocycles. The molecule has 3 heteroatoms. The minimum atomic E-state index is 0.575. The first-order chi connectivity index (χ1) is 7.65. The number of halogens is 1. The van der Waals surface area contributed by atoms with Gasteiger partial charge in [0.25, 0.3) is 0 Å². The van der Waals surface area contributed by atoms with Crippen LogP contribution < -0.4 is 5.43 Å². The summed E-state index contributed by atoms with van der Waals surface area (Å²) in [6, 6.07) is 8.69. The van der Waals surface area contributed by atoms with Crippen LogP contribution in [0.4, 0.5) is 0 Å². The minimum Gasteiger partial charge on any atom is -0.310 e. The molecule has 0 aromatic heterocycles. The molecule has 0 atom stereocenters. The van der Waals surface area contributed by atoms with Gasteiger partial charge in [0.2, 0.25) is 0 Å². The lowest BCUT2D eigenvalue weighted by molar-refractivity contribution is 0.298. The van der Waals surface area contributed by atoms with E-state index in [1.54, 1.807) is 0 Å². The number of rotatable bonds is 3. The van der Waals surface area contributed by atoms with Crippen molar-refractivity contribution in [1.82, 2.24) is 10.4 Å². The minimum absolute atomic E-state index is 0.575. The van der Waals surface area contributed by atoms with E-state index in [0.717, 1.165) is 18.1 Å². The molecule has 0 unspecified atom stereocenters. The number of nitrogens with one attached hydrogen (secondary N) is 1. The van der Waals surface area contributed by atoms with Crippen LogP contribution in [0.25, 0.3) is 0 Å². The summed E-state index contributed by atoms with van der Waals surface area (Å²) in [6.07, 6.45) is 1.95. The molecule has 0 aliphatic carbocycles. The number of hydrazine groups is 1. The van der Waals surface area contributed by atoms with Crippen molar-refractivity contribution >= 4 is 11.6 Å². The Bertz CT molecular complexity index is 399. The largest absolute Gasteiger partial charge is 0.310 e. The summed E-state index contributed by atoms with van der Waals surface area (Å²) >= 11 is 5.91. The lowest BCUT2D eigenvalue weighted by Gasteiger charge is -2.16. The highest BCUT2D eigenvalue weighted by Gasteiger charge is 2.10. The molecule has 1 aromatic rings. The van der Waals surface area contributed by atoms with Crippen molar-refractivity contribution in [3.8, 4) is 0 Å². The maximum atomic E-state index is 5.91. The number of hydrogen-bond acceptors (Lipinski definition) is 2. The highest BCUT2D eigenvalue weighted by Crippen LogP contribution is 2.17. The Balaban J connectivity index is 2.07. The Morgan fingerprint density at radius 2 is 2.25 bits per heavy atom. The second-order valence-electron chi connectivity index (χ2n) is 4.44. The van der Waals surface area contributed by atoms with Crippen molar-refractivity contribution in [2.45, 2.75) is 26.3 Å². The van der Waals surface area contributed by atoms with E-state index in [2.05, 4.69) is 43.5 Å². The third-order valence-corrected chi connectivity index (χ3v) is 2.95. The summed E-state index contributed by atoms with van der Waals surface area (Å²) < 4.78 is 0. The van der Waals surface area contributed by atoms with Crippen molar-refractivity contribution in [1.29, 1.82) is 0 Å². The van der Waals surface area contributed by atoms with Gasteiger partial charge in [-0.1, -0.05) is 49.7 Å². The van der Waals surface area contributed by atoms with Gasteiger partial charge in [-0.25, -0.2) is 5.43 Å². The average Bonchev–Trinajstić information content (AvgIpc) is 2.64. The van der Waals surface area contributed by atoms with E-state index < -0.39 is 0 Å². The molecule has 0 bridgehead atoms. The maximum absolute atomic E-state index is 5.91. The summed E-state index contributed by atoms with van der Waals surface area (Å²) in [7, 11) is 0. The van der Waals surface area contributed by atoms with Crippen LogP contribution >= 0.6 is 11.6 Å². The van der Waals surface area contributed by atoms with Gasteiger partial charge in [-0.05, 0) is 17.0 Å². The summed E-state index contributed by atoms with van der Waals surface area (Å²) in [5.41, 5.74) is 5.90. The van der Waals surface area contributed by atoms with E-state index in [0.29, 0.717) is 5.92 Å². The quantitative estimate of drug-likeness (QED) is 0.867. The summed E-state index contributed by atoms with van der Waals surface area (Å²) in [5.74, 6) is 0.575. The van der Waals surface area contributed by atoms with Crippen molar-refractivity contribution in [2.75, 3.05) is 6.54 Å². The smallest absolute Gasteiger partial charge is 0.0588 e. The Hall–Kier alpha value is -0.990. The molecule has 16 heavy (non-hydrogen) atoms. The number of nitrogens with zero attached hydrogens (tertiary/aromatic N) is 1. The van der Waals surface area contributed by atoms with Crippen molar-refractivity contribution in [3.63, 3.8) is 0 Å².